The molecule has 3 saturated heterocycles. The molecule has 0 aromatic carbocycles. The van der Waals surface area contributed by atoms with Crippen LogP contribution >= 0.6 is 0 Å². The van der Waals surface area contributed by atoms with E-state index >= 15 is 0 Å². The van der Waals surface area contributed by atoms with Gasteiger partial charge in [-0.1, -0.05) is 0 Å². The molecule has 18 heteroatoms. The van der Waals surface area contributed by atoms with Crippen molar-refractivity contribution in [3.8, 4) is 0 Å². The molecule has 18 nitrogen and oxygen atoms in total. The number of carbonyl (C=O) groups is 3. The number of hydrogen-bond acceptors (Lipinski definition) is 15. The van der Waals surface area contributed by atoms with Crippen molar-refractivity contribution >= 4 is 17.7 Å². The highest BCUT2D eigenvalue weighted by molar-refractivity contribution is 5.74. The van der Waals surface area contributed by atoms with E-state index in [1.807, 2.05) is 0 Å². The summed E-state index contributed by atoms with van der Waals surface area (Å²) in [5.74, 6) is -1.83. The van der Waals surface area contributed by atoms with E-state index in [0.29, 0.717) is 0 Å². The Balaban J connectivity index is 1.84. The van der Waals surface area contributed by atoms with Gasteiger partial charge in [-0.2, -0.15) is 0 Å². The van der Waals surface area contributed by atoms with Crippen LogP contribution in [-0.2, 0) is 38.1 Å². The highest BCUT2D eigenvalue weighted by Crippen LogP contribution is 2.31. The fourth-order valence-electron chi connectivity index (χ4n) is 4.96. The third-order valence-electron chi connectivity index (χ3n) is 6.93. The zero-order chi connectivity index (χ0) is 30.6. The van der Waals surface area contributed by atoms with Crippen molar-refractivity contribution < 1.29 is 73.8 Å². The molecule has 3 heterocycles. The Labute approximate surface area is 234 Å². The van der Waals surface area contributed by atoms with Crippen LogP contribution in [0, 0.1) is 0 Å². The molecule has 0 aliphatic carbocycles. The molecule has 0 aromatic heterocycles. The zero-order valence-corrected chi connectivity index (χ0v) is 22.6. The quantitative estimate of drug-likeness (QED) is 0.118. The van der Waals surface area contributed by atoms with Gasteiger partial charge in [0, 0.05) is 20.8 Å². The van der Waals surface area contributed by atoms with Crippen molar-refractivity contribution in [3.05, 3.63) is 0 Å². The van der Waals surface area contributed by atoms with Gasteiger partial charge >= 0.3 is 0 Å². The number of aliphatic hydroxyl groups excluding tert-OH is 7. The van der Waals surface area contributed by atoms with E-state index in [1.165, 1.54) is 0 Å². The first kappa shape index (κ1) is 33.4. The van der Waals surface area contributed by atoms with E-state index in [0.717, 1.165) is 20.8 Å². The van der Waals surface area contributed by atoms with E-state index in [9.17, 15) is 50.1 Å². The molecule has 0 spiro atoms. The predicted molar refractivity (Wildman–Crippen MR) is 130 cm³/mol. The van der Waals surface area contributed by atoms with Crippen LogP contribution in [0.4, 0.5) is 0 Å². The van der Waals surface area contributed by atoms with Crippen molar-refractivity contribution in [2.24, 2.45) is 0 Å². The van der Waals surface area contributed by atoms with Gasteiger partial charge in [0.15, 0.2) is 18.9 Å². The molecule has 0 radical (unpaired) electrons. The third kappa shape index (κ3) is 7.86. The van der Waals surface area contributed by atoms with Gasteiger partial charge in [-0.3, -0.25) is 14.4 Å². The average Bonchev–Trinajstić information content (AvgIpc) is 2.90. The molecule has 3 aliphatic rings. The second kappa shape index (κ2) is 14.4. The maximum absolute atomic E-state index is 12.0. The lowest BCUT2D eigenvalue weighted by atomic mass is 9.94. The molecule has 1 unspecified atom stereocenters. The summed E-state index contributed by atoms with van der Waals surface area (Å²) in [4.78, 5) is 35.3. The molecule has 3 amide bonds. The molecule has 3 fully saturated rings. The summed E-state index contributed by atoms with van der Waals surface area (Å²) in [6, 6.07) is -4.05. The topological polar surface area (TPSA) is 275 Å². The highest BCUT2D eigenvalue weighted by Gasteiger charge is 2.53. The molecule has 41 heavy (non-hydrogen) atoms. The fourth-order valence-corrected chi connectivity index (χ4v) is 4.96. The maximum Gasteiger partial charge on any atom is 0.217 e. The summed E-state index contributed by atoms with van der Waals surface area (Å²) < 4.78 is 28.2. The number of nitrogens with one attached hydrogen (secondary N) is 3. The lowest BCUT2D eigenvalue weighted by Gasteiger charge is -2.49. The molecule has 236 valence electrons. The molecule has 0 bridgehead atoms. The lowest BCUT2D eigenvalue weighted by molar-refractivity contribution is -0.344. The lowest BCUT2D eigenvalue weighted by Crippen LogP contribution is -2.70. The Bertz CT molecular complexity index is 914. The van der Waals surface area contributed by atoms with Crippen molar-refractivity contribution in [1.29, 1.82) is 0 Å². The number of aliphatic hydroxyl groups is 7. The van der Waals surface area contributed by atoms with Crippen LogP contribution < -0.4 is 16.0 Å². The van der Waals surface area contributed by atoms with Crippen molar-refractivity contribution in [2.45, 2.75) is 107 Å². The third-order valence-corrected chi connectivity index (χ3v) is 6.93. The van der Waals surface area contributed by atoms with Crippen LogP contribution in [-0.4, -0.2) is 159 Å². The summed E-state index contributed by atoms with van der Waals surface area (Å²) in [5, 5.41) is 79.7. The summed E-state index contributed by atoms with van der Waals surface area (Å²) in [7, 11) is 0. The molecule has 0 aromatic rings. The predicted octanol–water partition coefficient (Wildman–Crippen LogP) is -6.50. The molecule has 3 rings (SSSR count). The van der Waals surface area contributed by atoms with Crippen LogP contribution in [0.15, 0.2) is 0 Å². The zero-order valence-electron chi connectivity index (χ0n) is 22.6. The minimum absolute atomic E-state index is 0.373. The number of rotatable bonds is 9. The molecule has 3 aliphatic heterocycles. The Morgan fingerprint density at radius 2 is 1.17 bits per heavy atom. The molecule has 10 N–H and O–H groups in total. The standard InChI is InChI=1S/C23H39N3O15/c1-7(29)24-13-16(32)12(6-37-21(13)36)40-22-15(26-9(3)31)19(35)20(11(5-28)39-22)41-23-14(25-8(2)30)18(34)17(33)10(4-27)38-23/h10-23,27-28,32-36H,4-6H2,1-3H3,(H,24,29)(H,25,30)(H,26,31)/t10-,11-,12-,13-,14-,15-,16+,17-,18-,19-,20-,21?,22+,23+/m1/s1. The number of ether oxygens (including phenoxy) is 5. The number of carbonyl (C=O) groups excluding carboxylic acids is 3. The van der Waals surface area contributed by atoms with Crippen LogP contribution in [0.5, 0.6) is 0 Å². The van der Waals surface area contributed by atoms with Crippen LogP contribution in [0.1, 0.15) is 20.8 Å². The first-order valence-corrected chi connectivity index (χ1v) is 13.0. The van der Waals surface area contributed by atoms with Crippen molar-refractivity contribution in [3.63, 3.8) is 0 Å². The molecular formula is C23H39N3O15. The minimum Gasteiger partial charge on any atom is -0.394 e. The average molecular weight is 598 g/mol. The Morgan fingerprint density at radius 3 is 1.71 bits per heavy atom. The summed E-state index contributed by atoms with van der Waals surface area (Å²) in [6.45, 7) is 1.55. The molecular weight excluding hydrogens is 558 g/mol. The van der Waals surface area contributed by atoms with Crippen LogP contribution in [0.2, 0.25) is 0 Å². The maximum atomic E-state index is 12.0. The minimum atomic E-state index is -1.70. The first-order chi connectivity index (χ1) is 19.3. The van der Waals surface area contributed by atoms with Gasteiger partial charge in [0.05, 0.1) is 19.8 Å². The van der Waals surface area contributed by atoms with Gasteiger partial charge in [0.25, 0.3) is 0 Å². The first-order valence-electron chi connectivity index (χ1n) is 13.0. The summed E-state index contributed by atoms with van der Waals surface area (Å²) in [6.07, 6.45) is -16.6. The second-order valence-corrected chi connectivity index (χ2v) is 10.1. The Kier molecular flexibility index (Phi) is 11.7. The molecule has 14 atom stereocenters. The highest BCUT2D eigenvalue weighted by atomic mass is 16.7. The normalized spacial score (nSPS) is 43.2. The van der Waals surface area contributed by atoms with E-state index < -0.39 is 117 Å². The number of amides is 3. The van der Waals surface area contributed by atoms with E-state index in [2.05, 4.69) is 16.0 Å². The van der Waals surface area contributed by atoms with Crippen molar-refractivity contribution in [2.75, 3.05) is 19.8 Å². The van der Waals surface area contributed by atoms with Gasteiger partial charge in [0.1, 0.15) is 67.0 Å². The summed E-state index contributed by atoms with van der Waals surface area (Å²) >= 11 is 0. The van der Waals surface area contributed by atoms with Gasteiger partial charge < -0.3 is 75.4 Å². The van der Waals surface area contributed by atoms with Gasteiger partial charge in [-0.25, -0.2) is 0 Å². The van der Waals surface area contributed by atoms with Crippen LogP contribution in [0.25, 0.3) is 0 Å². The van der Waals surface area contributed by atoms with E-state index in [-0.39, 0.29) is 6.61 Å². The Hall–Kier alpha value is -2.07. The SMILES string of the molecule is CC(=O)N[C@H]1[C@H](O[C@@H]2COC(O)[C@H](NC(C)=O)[C@H]2O)O[C@H](CO)[C@@H](O[C@@H]2O[C@H](CO)[C@@H](O)[C@H](O)[C@H]2NC(C)=O)[C@@H]1O. The van der Waals surface area contributed by atoms with E-state index in [4.69, 9.17) is 23.7 Å². The number of hydrogen-bond donors (Lipinski definition) is 10. The van der Waals surface area contributed by atoms with Gasteiger partial charge in [-0.15, -0.1) is 0 Å². The van der Waals surface area contributed by atoms with Gasteiger partial charge in [0.2, 0.25) is 17.7 Å². The second-order valence-electron chi connectivity index (χ2n) is 10.1. The molecule has 0 saturated carbocycles. The Morgan fingerprint density at radius 1 is 0.683 bits per heavy atom. The van der Waals surface area contributed by atoms with Crippen molar-refractivity contribution in [1.82, 2.24) is 16.0 Å². The van der Waals surface area contributed by atoms with E-state index in [1.54, 1.807) is 0 Å². The fraction of sp³-hybridized carbons (Fsp3) is 0.870. The smallest absolute Gasteiger partial charge is 0.217 e. The van der Waals surface area contributed by atoms with Crippen LogP contribution in [0.3, 0.4) is 0 Å². The largest absolute Gasteiger partial charge is 0.394 e. The summed E-state index contributed by atoms with van der Waals surface area (Å²) in [5.41, 5.74) is 0. The van der Waals surface area contributed by atoms with Gasteiger partial charge in [-0.05, 0) is 0 Å². The monoisotopic (exact) mass is 597 g/mol.